The van der Waals surface area contributed by atoms with Crippen LogP contribution in [-0.4, -0.2) is 49.0 Å². The van der Waals surface area contributed by atoms with Crippen molar-refractivity contribution in [3.63, 3.8) is 0 Å². The molecule has 2 aliphatic heterocycles. The van der Waals surface area contributed by atoms with Crippen molar-refractivity contribution in [3.05, 3.63) is 47.3 Å². The predicted octanol–water partition coefficient (Wildman–Crippen LogP) is 2.16. The number of aryl methyl sites for hydroxylation is 1. The summed E-state index contributed by atoms with van der Waals surface area (Å²) >= 11 is 1.56. The topological polar surface area (TPSA) is 88.6 Å². The number of rotatable bonds is 5. The van der Waals surface area contributed by atoms with Crippen LogP contribution in [-0.2, 0) is 19.6 Å². The molecule has 2 aliphatic rings. The first kappa shape index (κ1) is 19.3. The van der Waals surface area contributed by atoms with E-state index in [0.717, 1.165) is 16.3 Å². The Morgan fingerprint density at radius 1 is 1.36 bits per heavy atom. The van der Waals surface area contributed by atoms with E-state index in [1.54, 1.807) is 35.6 Å². The van der Waals surface area contributed by atoms with Crippen molar-refractivity contribution >= 4 is 27.3 Å². The summed E-state index contributed by atoms with van der Waals surface area (Å²) in [5.74, 6) is -0.216. The minimum absolute atomic E-state index is 0.0714. The Bertz CT molecular complexity index is 986. The molecular weight excluding hydrogens is 398 g/mol. The van der Waals surface area contributed by atoms with Crippen LogP contribution in [0, 0.1) is 12.8 Å². The number of nitrogens with zero attached hydrogens (tertiary/aromatic N) is 2. The zero-order valence-corrected chi connectivity index (χ0v) is 17.0. The third-order valence-electron chi connectivity index (χ3n) is 5.10. The molecule has 0 spiro atoms. The Kier molecular flexibility index (Phi) is 5.09. The number of nitrogens with one attached hydrogen (secondary N) is 1. The maximum atomic E-state index is 13.0. The Labute approximate surface area is 168 Å². The molecule has 1 aromatic carbocycles. The van der Waals surface area contributed by atoms with Crippen molar-refractivity contribution in [2.45, 2.75) is 30.6 Å². The fraction of sp³-hybridized carbons (Fsp3) is 0.368. The number of sulfonamides is 1. The number of thiazole rings is 1. The van der Waals surface area contributed by atoms with Gasteiger partial charge in [-0.3, -0.25) is 4.79 Å². The number of hydrogen-bond acceptors (Lipinski definition) is 6. The maximum absolute atomic E-state index is 13.0. The van der Waals surface area contributed by atoms with Gasteiger partial charge in [-0.05, 0) is 31.6 Å². The Morgan fingerprint density at radius 3 is 2.71 bits per heavy atom. The lowest BCUT2D eigenvalue weighted by atomic mass is 10.1. The number of aromatic nitrogens is 1. The predicted molar refractivity (Wildman–Crippen MR) is 106 cm³/mol. The molecule has 3 unspecified atom stereocenters. The summed E-state index contributed by atoms with van der Waals surface area (Å²) in [4.78, 5) is 16.1. The summed E-state index contributed by atoms with van der Waals surface area (Å²) in [7, 11) is -3.59. The highest BCUT2D eigenvalue weighted by Crippen LogP contribution is 2.35. The first-order valence-electron chi connectivity index (χ1n) is 8.98. The molecule has 28 heavy (non-hydrogen) atoms. The molecule has 9 heteroatoms. The van der Waals surface area contributed by atoms with Crippen LogP contribution >= 0.6 is 11.3 Å². The summed E-state index contributed by atoms with van der Waals surface area (Å²) in [5.41, 5.74) is 1.74. The van der Waals surface area contributed by atoms with E-state index in [-0.39, 0.29) is 29.1 Å². The van der Waals surface area contributed by atoms with E-state index in [4.69, 9.17) is 4.74 Å². The van der Waals surface area contributed by atoms with Crippen molar-refractivity contribution in [1.29, 1.82) is 0 Å². The molecule has 7 nitrogen and oxygen atoms in total. The van der Waals surface area contributed by atoms with Crippen molar-refractivity contribution in [2.24, 2.45) is 5.92 Å². The lowest BCUT2D eigenvalue weighted by Gasteiger charge is -2.19. The molecule has 0 saturated carbocycles. The van der Waals surface area contributed by atoms with Gasteiger partial charge in [0.25, 0.3) is 0 Å². The third-order valence-corrected chi connectivity index (χ3v) is 7.72. The molecule has 4 rings (SSSR count). The van der Waals surface area contributed by atoms with E-state index in [0.29, 0.717) is 19.5 Å². The van der Waals surface area contributed by atoms with Crippen LogP contribution in [0.25, 0.3) is 11.3 Å². The largest absolute Gasteiger partial charge is 0.354 e. The van der Waals surface area contributed by atoms with Crippen molar-refractivity contribution in [2.75, 3.05) is 13.1 Å². The molecule has 3 atom stereocenters. The fourth-order valence-corrected chi connectivity index (χ4v) is 5.81. The second kappa shape index (κ2) is 7.40. The van der Waals surface area contributed by atoms with Crippen molar-refractivity contribution < 1.29 is 17.9 Å². The Balaban J connectivity index is 1.44. The molecule has 148 valence electrons. The average molecular weight is 420 g/mol. The molecule has 2 fully saturated rings. The smallest absolute Gasteiger partial charge is 0.245 e. The van der Waals surface area contributed by atoms with Crippen LogP contribution in [0.15, 0.2) is 47.2 Å². The van der Waals surface area contributed by atoms with Gasteiger partial charge in [-0.25, -0.2) is 13.4 Å². The van der Waals surface area contributed by atoms with Crippen LogP contribution in [0.5, 0.6) is 0 Å². The van der Waals surface area contributed by atoms with E-state index in [2.05, 4.69) is 16.9 Å². The summed E-state index contributed by atoms with van der Waals surface area (Å²) in [6.07, 6.45) is 1.21. The molecule has 3 heterocycles. The highest BCUT2D eigenvalue weighted by molar-refractivity contribution is 7.89. The van der Waals surface area contributed by atoms with Crippen LogP contribution in [0.3, 0.4) is 0 Å². The second-order valence-electron chi connectivity index (χ2n) is 6.97. The van der Waals surface area contributed by atoms with E-state index < -0.39 is 10.0 Å². The molecule has 1 aromatic heterocycles. The van der Waals surface area contributed by atoms with E-state index in [9.17, 15) is 13.2 Å². The summed E-state index contributed by atoms with van der Waals surface area (Å²) in [6, 6.07) is 6.83. The van der Waals surface area contributed by atoms with Gasteiger partial charge >= 0.3 is 0 Å². The van der Waals surface area contributed by atoms with Gasteiger partial charge < -0.3 is 10.1 Å². The van der Waals surface area contributed by atoms with Gasteiger partial charge in [-0.1, -0.05) is 18.7 Å². The molecule has 2 aromatic rings. The van der Waals surface area contributed by atoms with Crippen molar-refractivity contribution in [1.82, 2.24) is 14.6 Å². The first-order chi connectivity index (χ1) is 13.4. The lowest BCUT2D eigenvalue weighted by Crippen LogP contribution is -2.37. The lowest BCUT2D eigenvalue weighted by molar-refractivity contribution is -0.120. The van der Waals surface area contributed by atoms with Gasteiger partial charge in [-0.15, -0.1) is 11.3 Å². The minimum Gasteiger partial charge on any atom is -0.354 e. The quantitative estimate of drug-likeness (QED) is 0.751. The third kappa shape index (κ3) is 3.62. The van der Waals surface area contributed by atoms with Gasteiger partial charge in [0, 0.05) is 30.0 Å². The number of carbonyl (C=O) groups is 1. The van der Waals surface area contributed by atoms with E-state index in [1.807, 2.05) is 12.3 Å². The van der Waals surface area contributed by atoms with Crippen LogP contribution < -0.4 is 5.32 Å². The van der Waals surface area contributed by atoms with E-state index in [1.165, 1.54) is 10.4 Å². The van der Waals surface area contributed by atoms with E-state index >= 15 is 0 Å². The summed E-state index contributed by atoms with van der Waals surface area (Å²) in [6.45, 7) is 6.04. The maximum Gasteiger partial charge on any atom is 0.245 e. The number of ether oxygens (including phenoxy) is 1. The molecule has 1 N–H and O–H groups in total. The van der Waals surface area contributed by atoms with Crippen LogP contribution in [0.4, 0.5) is 0 Å². The first-order valence-corrected chi connectivity index (χ1v) is 11.3. The zero-order chi connectivity index (χ0) is 19.9. The molecule has 0 aliphatic carbocycles. The average Bonchev–Trinajstić information content (AvgIpc) is 3.36. The standard InChI is InChI=1S/C19H21N3O4S2/c1-3-18(23)21-19-8-14-9-22(10-17(14)26-19)28(24,25)15-6-4-13(5-7-15)16-11-27-12(2)20-16/h3-7,11,14,17,19H,1,8-10H2,2H3,(H,21,23). The van der Waals surface area contributed by atoms with Gasteiger partial charge in [0.15, 0.2) is 0 Å². The fourth-order valence-electron chi connectivity index (χ4n) is 3.67. The van der Waals surface area contributed by atoms with Crippen molar-refractivity contribution in [3.8, 4) is 11.3 Å². The number of carbonyl (C=O) groups excluding carboxylic acids is 1. The zero-order valence-electron chi connectivity index (χ0n) is 15.4. The number of benzene rings is 1. The second-order valence-corrected chi connectivity index (χ2v) is 9.97. The molecular formula is C19H21N3O4S2. The molecule has 2 saturated heterocycles. The van der Waals surface area contributed by atoms with Gasteiger partial charge in [0.2, 0.25) is 15.9 Å². The summed E-state index contributed by atoms with van der Waals surface area (Å²) < 4.78 is 33.3. The molecule has 0 radical (unpaired) electrons. The molecule has 0 bridgehead atoms. The Hall–Kier alpha value is -2.07. The summed E-state index contributed by atoms with van der Waals surface area (Å²) in [5, 5.41) is 5.64. The van der Waals surface area contributed by atoms with Crippen LogP contribution in [0.1, 0.15) is 11.4 Å². The van der Waals surface area contributed by atoms with Gasteiger partial charge in [-0.2, -0.15) is 4.31 Å². The van der Waals surface area contributed by atoms with Crippen LogP contribution in [0.2, 0.25) is 0 Å². The highest BCUT2D eigenvalue weighted by atomic mass is 32.2. The highest BCUT2D eigenvalue weighted by Gasteiger charge is 2.46. The SMILES string of the molecule is C=CC(=O)NC1CC2CN(S(=O)(=O)c3ccc(-c4csc(C)n4)cc3)CC2O1. The Morgan fingerprint density at radius 2 is 2.11 bits per heavy atom. The normalized spacial score (nSPS) is 24.8. The minimum atomic E-state index is -3.59. The number of hydrogen-bond donors (Lipinski definition) is 1. The monoisotopic (exact) mass is 419 g/mol. The van der Waals surface area contributed by atoms with Gasteiger partial charge in [0.05, 0.1) is 21.7 Å². The molecule has 1 amide bonds. The number of amides is 1. The van der Waals surface area contributed by atoms with Gasteiger partial charge in [0.1, 0.15) is 6.23 Å². The number of fused-ring (bicyclic) bond motifs is 1.